The van der Waals surface area contributed by atoms with E-state index in [-0.39, 0.29) is 22.7 Å². The van der Waals surface area contributed by atoms with Gasteiger partial charge >= 0.3 is 18.3 Å². The maximum Gasteiger partial charge on any atom is 0.402 e. The number of hydrogen-bond acceptors (Lipinski definition) is 5. The molecule has 6 nitrogen and oxygen atoms in total. The van der Waals surface area contributed by atoms with Crippen molar-refractivity contribution in [3.8, 4) is 0 Å². The Bertz CT molecular complexity index is 590. The highest BCUT2D eigenvalue weighted by atomic mass is 33.2. The van der Waals surface area contributed by atoms with Crippen LogP contribution in [-0.4, -0.2) is 33.7 Å². The molecule has 0 heterocycles. The summed E-state index contributed by atoms with van der Waals surface area (Å²) in [7, 11) is -11.8. The first kappa shape index (κ1) is 25.2. The van der Waals surface area contributed by atoms with Gasteiger partial charge in [0.1, 0.15) is 0 Å². The Hall–Kier alpha value is 0.250. The first-order valence-corrected chi connectivity index (χ1v) is 13.5. The Labute approximate surface area is 155 Å². The van der Waals surface area contributed by atoms with Crippen molar-refractivity contribution < 1.29 is 25.4 Å². The molecule has 1 N–H and O–H groups in total. The molecule has 152 valence electrons. The largest absolute Gasteiger partial charge is 0.402 e. The highest BCUT2D eigenvalue weighted by Crippen LogP contribution is 2.46. The van der Waals surface area contributed by atoms with E-state index in [1.807, 2.05) is 13.8 Å². The third kappa shape index (κ3) is 11.5. The lowest BCUT2D eigenvalue weighted by Gasteiger charge is -2.29. The zero-order chi connectivity index (χ0) is 20.3. The van der Waals surface area contributed by atoms with Crippen LogP contribution in [0, 0.1) is 22.7 Å². The van der Waals surface area contributed by atoms with Gasteiger partial charge in [-0.2, -0.15) is 16.8 Å². The SMILES string of the molecule is CC(CP(CC(C)CC(C)(C)C)OS(=O)(=O)S(=O)(=O)O)CC(C)(C)C. The maximum absolute atomic E-state index is 11.8. The summed E-state index contributed by atoms with van der Waals surface area (Å²) in [5.41, 5.74) is 0.165. The molecule has 0 aromatic heterocycles. The molecule has 0 amide bonds. The van der Waals surface area contributed by atoms with E-state index in [0.717, 1.165) is 12.8 Å². The molecule has 0 saturated carbocycles. The Morgan fingerprint density at radius 1 is 0.840 bits per heavy atom. The van der Waals surface area contributed by atoms with Crippen LogP contribution < -0.4 is 0 Å². The van der Waals surface area contributed by atoms with Crippen LogP contribution in [0.5, 0.6) is 0 Å². The van der Waals surface area contributed by atoms with Crippen molar-refractivity contribution in [2.24, 2.45) is 22.7 Å². The Morgan fingerprint density at radius 2 is 1.16 bits per heavy atom. The van der Waals surface area contributed by atoms with E-state index >= 15 is 0 Å². The second-order valence-corrected chi connectivity index (χ2v) is 15.9. The van der Waals surface area contributed by atoms with Crippen LogP contribution in [-0.2, 0) is 22.3 Å². The molecule has 2 unspecified atom stereocenters. The van der Waals surface area contributed by atoms with E-state index < -0.39 is 26.4 Å². The van der Waals surface area contributed by atoms with E-state index in [4.69, 9.17) is 8.52 Å². The van der Waals surface area contributed by atoms with Gasteiger partial charge in [-0.1, -0.05) is 55.4 Å². The lowest BCUT2D eigenvalue weighted by atomic mass is 9.86. The van der Waals surface area contributed by atoms with Crippen molar-refractivity contribution in [1.82, 2.24) is 0 Å². The molecular weight excluding hydrogens is 383 g/mol. The summed E-state index contributed by atoms with van der Waals surface area (Å²) in [5, 5.41) is 0. The third-order valence-corrected chi connectivity index (χ3v) is 9.65. The fourth-order valence-corrected chi connectivity index (χ4v) is 8.31. The Morgan fingerprint density at radius 3 is 1.40 bits per heavy atom. The molecular formula is C16H35O6PS2. The predicted octanol–water partition coefficient (Wildman–Crippen LogP) is 4.68. The molecule has 0 aromatic carbocycles. The van der Waals surface area contributed by atoms with Crippen molar-refractivity contribution in [3.05, 3.63) is 0 Å². The van der Waals surface area contributed by atoms with Gasteiger partial charge in [-0.3, -0.25) is 4.55 Å². The average Bonchev–Trinajstić information content (AvgIpc) is 2.19. The van der Waals surface area contributed by atoms with E-state index in [1.165, 1.54) is 0 Å². The molecule has 25 heavy (non-hydrogen) atoms. The molecule has 9 heteroatoms. The van der Waals surface area contributed by atoms with Gasteiger partial charge in [0, 0.05) is 0 Å². The molecule has 0 aromatic rings. The van der Waals surface area contributed by atoms with Gasteiger partial charge in [-0.05, 0) is 47.8 Å². The van der Waals surface area contributed by atoms with Gasteiger partial charge in [0.2, 0.25) is 0 Å². The smallest absolute Gasteiger partial charge is 0.272 e. The Balaban J connectivity index is 5.25. The summed E-state index contributed by atoms with van der Waals surface area (Å²) in [4.78, 5) is 0. The summed E-state index contributed by atoms with van der Waals surface area (Å²) in [6.07, 6.45) is 2.70. The monoisotopic (exact) mass is 418 g/mol. The van der Waals surface area contributed by atoms with Crippen LogP contribution >= 0.6 is 8.15 Å². The molecule has 0 radical (unpaired) electrons. The van der Waals surface area contributed by atoms with Crippen LogP contribution in [0.1, 0.15) is 68.2 Å². The molecule has 0 saturated heterocycles. The summed E-state index contributed by atoms with van der Waals surface area (Å²) >= 11 is 0. The standard InChI is InChI=1S/C16H35O6PS2/c1-13(9-15(3,4)5)11-23(12-14(2)10-16(6,7)8)22-25(20,21)24(17,18)19/h13-14H,9-12H2,1-8H3,(H,17,18,19). The van der Waals surface area contributed by atoms with Gasteiger partial charge < -0.3 is 0 Å². The van der Waals surface area contributed by atoms with Crippen molar-refractivity contribution in [2.75, 3.05) is 12.3 Å². The molecule has 0 spiro atoms. The van der Waals surface area contributed by atoms with Crippen LogP contribution in [0.2, 0.25) is 0 Å². The lowest BCUT2D eigenvalue weighted by Crippen LogP contribution is -2.21. The van der Waals surface area contributed by atoms with E-state index in [2.05, 4.69) is 41.5 Å². The fourth-order valence-electron chi connectivity index (χ4n) is 3.22. The van der Waals surface area contributed by atoms with Crippen LogP contribution in [0.4, 0.5) is 0 Å². The van der Waals surface area contributed by atoms with E-state index in [9.17, 15) is 16.8 Å². The van der Waals surface area contributed by atoms with Crippen LogP contribution in [0.15, 0.2) is 0 Å². The third-order valence-electron chi connectivity index (χ3n) is 3.41. The topological polar surface area (TPSA) is 97.7 Å². The van der Waals surface area contributed by atoms with E-state index in [0.29, 0.717) is 12.3 Å². The first-order valence-electron chi connectivity index (χ1n) is 8.49. The number of hydrogen-bond donors (Lipinski definition) is 1. The van der Waals surface area contributed by atoms with E-state index in [1.54, 1.807) is 0 Å². The zero-order valence-corrected chi connectivity index (χ0v) is 19.3. The summed E-state index contributed by atoms with van der Waals surface area (Å²) < 4.78 is 59.5. The van der Waals surface area contributed by atoms with Crippen molar-refractivity contribution >= 4 is 26.4 Å². The maximum atomic E-state index is 11.8. The second kappa shape index (κ2) is 8.96. The highest BCUT2D eigenvalue weighted by molar-refractivity contribution is 8.63. The summed E-state index contributed by atoms with van der Waals surface area (Å²) in [6, 6.07) is 0. The van der Waals surface area contributed by atoms with Crippen molar-refractivity contribution in [1.29, 1.82) is 0 Å². The van der Waals surface area contributed by atoms with Gasteiger partial charge in [0.25, 0.3) is 0 Å². The molecule has 2 atom stereocenters. The second-order valence-electron chi connectivity index (χ2n) is 9.50. The minimum absolute atomic E-state index is 0.0827. The lowest BCUT2D eigenvalue weighted by molar-refractivity contribution is 0.315. The van der Waals surface area contributed by atoms with Gasteiger partial charge in [0.15, 0.2) is 0 Å². The summed E-state index contributed by atoms with van der Waals surface area (Å²) in [6.45, 7) is 16.6. The molecule has 0 aliphatic heterocycles. The fraction of sp³-hybridized carbons (Fsp3) is 1.00. The highest BCUT2D eigenvalue weighted by Gasteiger charge is 2.34. The molecule has 0 aliphatic carbocycles. The average molecular weight is 419 g/mol. The Kier molecular flexibility index (Phi) is 9.05. The van der Waals surface area contributed by atoms with Gasteiger partial charge in [0.05, 0.1) is 8.15 Å². The van der Waals surface area contributed by atoms with Crippen LogP contribution in [0.3, 0.4) is 0 Å². The minimum atomic E-state index is -5.27. The zero-order valence-electron chi connectivity index (χ0n) is 16.7. The molecule has 0 fully saturated rings. The molecule has 0 bridgehead atoms. The quantitative estimate of drug-likeness (QED) is 0.332. The first-order chi connectivity index (χ1) is 10.8. The predicted molar refractivity (Wildman–Crippen MR) is 105 cm³/mol. The van der Waals surface area contributed by atoms with Crippen LogP contribution in [0.25, 0.3) is 0 Å². The number of rotatable bonds is 9. The normalized spacial score (nSPS) is 18.0. The van der Waals surface area contributed by atoms with Gasteiger partial charge in [-0.15, -0.1) is 0 Å². The van der Waals surface area contributed by atoms with Crippen molar-refractivity contribution in [3.63, 3.8) is 0 Å². The van der Waals surface area contributed by atoms with Crippen molar-refractivity contribution in [2.45, 2.75) is 68.2 Å². The summed E-state index contributed by atoms with van der Waals surface area (Å²) in [5.74, 6) is 0.370. The van der Waals surface area contributed by atoms with Gasteiger partial charge in [-0.25, -0.2) is 3.97 Å². The molecule has 0 aliphatic rings. The molecule has 0 rings (SSSR count). The minimum Gasteiger partial charge on any atom is -0.272 e.